The van der Waals surface area contributed by atoms with Crippen LogP contribution in [-0.2, 0) is 13.1 Å². The molecule has 0 atom stereocenters. The topological polar surface area (TPSA) is 98.7 Å². The molecule has 0 aliphatic rings. The van der Waals surface area contributed by atoms with Gasteiger partial charge < -0.3 is 20.6 Å². The van der Waals surface area contributed by atoms with Gasteiger partial charge in [-0.25, -0.2) is 9.59 Å². The van der Waals surface area contributed by atoms with Crippen molar-refractivity contribution in [2.24, 2.45) is 0 Å². The van der Waals surface area contributed by atoms with E-state index in [2.05, 4.69) is 10.6 Å². The molecule has 0 fully saturated rings. The number of hydrogen-bond donors (Lipinski definition) is 3. The first kappa shape index (κ1) is 21.0. The normalized spacial score (nSPS) is 10.2. The fraction of sp³-hybridized carbons (Fsp3) is 0.286. The number of amides is 3. The zero-order valence-corrected chi connectivity index (χ0v) is 16.1. The first-order valence-corrected chi connectivity index (χ1v) is 9.16. The lowest BCUT2D eigenvalue weighted by Crippen LogP contribution is -2.34. The molecule has 0 spiro atoms. The Kier molecular flexibility index (Phi) is 7.56. The highest BCUT2D eigenvalue weighted by atomic mass is 16.4. The number of carboxylic acid groups (broad SMARTS) is 1. The van der Waals surface area contributed by atoms with Crippen LogP contribution in [-0.4, -0.2) is 41.0 Å². The summed E-state index contributed by atoms with van der Waals surface area (Å²) in [6.45, 7) is 5.85. The number of urea groups is 1. The lowest BCUT2D eigenvalue weighted by atomic mass is 10.1. The third-order valence-electron chi connectivity index (χ3n) is 4.36. The van der Waals surface area contributed by atoms with Crippen LogP contribution in [0, 0.1) is 0 Å². The molecule has 0 radical (unpaired) electrons. The molecular formula is C21H25N3O4. The van der Waals surface area contributed by atoms with E-state index in [1.807, 2.05) is 26.0 Å². The number of carboxylic acids is 1. The average molecular weight is 383 g/mol. The SMILES string of the molecule is CCN(CC)C(=O)c1ccc(CNC(=O)NCc2ccc(C(=O)O)cc2)cc1. The van der Waals surface area contributed by atoms with E-state index in [1.165, 1.54) is 12.1 Å². The summed E-state index contributed by atoms with van der Waals surface area (Å²) in [5.74, 6) is -0.988. The molecule has 148 valence electrons. The molecule has 3 N–H and O–H groups in total. The molecule has 28 heavy (non-hydrogen) atoms. The van der Waals surface area contributed by atoms with Crippen LogP contribution >= 0.6 is 0 Å². The zero-order chi connectivity index (χ0) is 20.5. The summed E-state index contributed by atoms with van der Waals surface area (Å²) in [5.41, 5.74) is 2.52. The molecule has 0 aliphatic carbocycles. The monoisotopic (exact) mass is 383 g/mol. The maximum absolute atomic E-state index is 12.3. The number of benzene rings is 2. The lowest BCUT2D eigenvalue weighted by Gasteiger charge is -2.18. The minimum Gasteiger partial charge on any atom is -0.478 e. The van der Waals surface area contributed by atoms with E-state index in [1.54, 1.807) is 29.2 Å². The van der Waals surface area contributed by atoms with Crippen molar-refractivity contribution >= 4 is 17.9 Å². The molecule has 0 unspecified atom stereocenters. The summed E-state index contributed by atoms with van der Waals surface area (Å²) in [6.07, 6.45) is 0. The van der Waals surface area contributed by atoms with E-state index < -0.39 is 5.97 Å². The Morgan fingerprint density at radius 1 is 0.786 bits per heavy atom. The van der Waals surface area contributed by atoms with Gasteiger partial charge in [-0.2, -0.15) is 0 Å². The van der Waals surface area contributed by atoms with E-state index in [4.69, 9.17) is 5.11 Å². The van der Waals surface area contributed by atoms with Crippen LogP contribution in [0.2, 0.25) is 0 Å². The summed E-state index contributed by atoms with van der Waals surface area (Å²) in [4.78, 5) is 36.8. The van der Waals surface area contributed by atoms with Gasteiger partial charge in [-0.1, -0.05) is 24.3 Å². The number of carbonyl (C=O) groups excluding carboxylic acids is 2. The van der Waals surface area contributed by atoms with Crippen molar-refractivity contribution in [1.82, 2.24) is 15.5 Å². The Morgan fingerprint density at radius 3 is 1.61 bits per heavy atom. The number of nitrogens with zero attached hydrogens (tertiary/aromatic N) is 1. The van der Waals surface area contributed by atoms with E-state index in [-0.39, 0.29) is 17.5 Å². The molecule has 2 rings (SSSR count). The molecule has 3 amide bonds. The number of rotatable bonds is 8. The predicted octanol–water partition coefficient (Wildman–Crippen LogP) is 2.87. The maximum atomic E-state index is 12.3. The van der Waals surface area contributed by atoms with Crippen molar-refractivity contribution in [2.75, 3.05) is 13.1 Å². The second-order valence-corrected chi connectivity index (χ2v) is 6.21. The van der Waals surface area contributed by atoms with Crippen molar-refractivity contribution in [3.05, 3.63) is 70.8 Å². The molecule has 0 aromatic heterocycles. The van der Waals surface area contributed by atoms with Gasteiger partial charge in [0.15, 0.2) is 0 Å². The van der Waals surface area contributed by atoms with Gasteiger partial charge in [-0.15, -0.1) is 0 Å². The second-order valence-electron chi connectivity index (χ2n) is 6.21. The molecule has 2 aromatic carbocycles. The largest absolute Gasteiger partial charge is 0.478 e. The molecule has 7 heteroatoms. The molecule has 0 saturated heterocycles. The molecule has 0 heterocycles. The van der Waals surface area contributed by atoms with Crippen LogP contribution in [0.4, 0.5) is 4.79 Å². The van der Waals surface area contributed by atoms with Crippen molar-refractivity contribution in [3.8, 4) is 0 Å². The van der Waals surface area contributed by atoms with Gasteiger partial charge >= 0.3 is 12.0 Å². The second kappa shape index (κ2) is 10.1. The summed E-state index contributed by atoms with van der Waals surface area (Å²) >= 11 is 0. The number of nitrogens with one attached hydrogen (secondary N) is 2. The number of hydrogen-bond acceptors (Lipinski definition) is 3. The van der Waals surface area contributed by atoms with E-state index in [0.29, 0.717) is 31.7 Å². The third-order valence-corrected chi connectivity index (χ3v) is 4.36. The van der Waals surface area contributed by atoms with Gasteiger partial charge in [-0.05, 0) is 49.2 Å². The third kappa shape index (κ3) is 5.84. The minimum atomic E-state index is -0.984. The lowest BCUT2D eigenvalue weighted by molar-refractivity contribution is 0.0695. The summed E-state index contributed by atoms with van der Waals surface area (Å²) < 4.78 is 0. The summed E-state index contributed by atoms with van der Waals surface area (Å²) in [6, 6.07) is 13.2. The van der Waals surface area contributed by atoms with Crippen LogP contribution in [0.5, 0.6) is 0 Å². The first-order chi connectivity index (χ1) is 13.4. The Bertz CT molecular complexity index is 813. The highest BCUT2D eigenvalue weighted by Gasteiger charge is 2.12. The summed E-state index contributed by atoms with van der Waals surface area (Å²) in [5, 5.41) is 14.3. The fourth-order valence-electron chi connectivity index (χ4n) is 2.65. The van der Waals surface area contributed by atoms with E-state index in [0.717, 1.165) is 11.1 Å². The summed E-state index contributed by atoms with van der Waals surface area (Å²) in [7, 11) is 0. The molecule has 0 aliphatic heterocycles. The van der Waals surface area contributed by atoms with Gasteiger partial charge in [0.1, 0.15) is 0 Å². The number of aromatic carboxylic acids is 1. The van der Waals surface area contributed by atoms with Crippen molar-refractivity contribution in [3.63, 3.8) is 0 Å². The van der Waals surface area contributed by atoms with E-state index >= 15 is 0 Å². The van der Waals surface area contributed by atoms with Crippen molar-refractivity contribution < 1.29 is 19.5 Å². The van der Waals surface area contributed by atoms with Crippen LogP contribution in [0.25, 0.3) is 0 Å². The van der Waals surface area contributed by atoms with Crippen molar-refractivity contribution in [1.29, 1.82) is 0 Å². The smallest absolute Gasteiger partial charge is 0.335 e. The average Bonchev–Trinajstić information content (AvgIpc) is 2.72. The molecule has 2 aromatic rings. The molecule has 0 bridgehead atoms. The first-order valence-electron chi connectivity index (χ1n) is 9.16. The maximum Gasteiger partial charge on any atom is 0.335 e. The predicted molar refractivity (Wildman–Crippen MR) is 106 cm³/mol. The van der Waals surface area contributed by atoms with Gasteiger partial charge in [0.25, 0.3) is 5.91 Å². The van der Waals surface area contributed by atoms with Crippen LogP contribution in [0.1, 0.15) is 45.7 Å². The van der Waals surface area contributed by atoms with Crippen LogP contribution in [0.3, 0.4) is 0 Å². The molecule has 0 saturated carbocycles. The Hall–Kier alpha value is -3.35. The number of carbonyl (C=O) groups is 3. The molecule has 7 nitrogen and oxygen atoms in total. The van der Waals surface area contributed by atoms with Crippen LogP contribution < -0.4 is 10.6 Å². The van der Waals surface area contributed by atoms with Gasteiger partial charge in [0.05, 0.1) is 5.56 Å². The Morgan fingerprint density at radius 2 is 1.21 bits per heavy atom. The van der Waals surface area contributed by atoms with Gasteiger partial charge in [0.2, 0.25) is 0 Å². The minimum absolute atomic E-state index is 0.00355. The van der Waals surface area contributed by atoms with Gasteiger partial charge in [-0.3, -0.25) is 4.79 Å². The van der Waals surface area contributed by atoms with Crippen molar-refractivity contribution in [2.45, 2.75) is 26.9 Å². The molecular weight excluding hydrogens is 358 g/mol. The zero-order valence-electron chi connectivity index (χ0n) is 16.1. The Labute approximate surface area is 164 Å². The highest BCUT2D eigenvalue weighted by molar-refractivity contribution is 5.94. The standard InChI is InChI=1S/C21H25N3O4/c1-3-24(4-2)19(25)17-9-5-15(6-10-17)13-22-21(28)23-14-16-7-11-18(12-8-16)20(26)27/h5-12H,3-4,13-14H2,1-2H3,(H,26,27)(H2,22,23,28). The highest BCUT2D eigenvalue weighted by Crippen LogP contribution is 2.08. The Balaban J connectivity index is 1.80. The van der Waals surface area contributed by atoms with E-state index in [9.17, 15) is 14.4 Å². The van der Waals surface area contributed by atoms with Crippen LogP contribution in [0.15, 0.2) is 48.5 Å². The fourth-order valence-corrected chi connectivity index (χ4v) is 2.65. The van der Waals surface area contributed by atoms with Gasteiger partial charge in [0, 0.05) is 31.7 Å². The quantitative estimate of drug-likeness (QED) is 0.653.